The van der Waals surface area contributed by atoms with Gasteiger partial charge >= 0.3 is 0 Å². The number of likely N-dealkylation sites (N-methyl/N-ethyl adjacent to an activating group) is 1. The summed E-state index contributed by atoms with van der Waals surface area (Å²) in [6.07, 6.45) is 7.13. The molecule has 34 heavy (non-hydrogen) atoms. The van der Waals surface area contributed by atoms with Crippen molar-refractivity contribution in [3.63, 3.8) is 0 Å². The molecule has 4 heteroatoms. The number of allylic oxidation sites excluding steroid dienone is 1. The van der Waals surface area contributed by atoms with Crippen molar-refractivity contribution in [1.29, 1.82) is 0 Å². The minimum Gasteiger partial charge on any atom is -0.341 e. The molecule has 0 radical (unpaired) electrons. The van der Waals surface area contributed by atoms with Gasteiger partial charge in [-0.05, 0) is 67.7 Å². The zero-order chi connectivity index (χ0) is 25.5. The molecule has 2 aromatic rings. The summed E-state index contributed by atoms with van der Waals surface area (Å²) in [7, 11) is 2.02. The summed E-state index contributed by atoms with van der Waals surface area (Å²) in [5.41, 5.74) is 7.72. The van der Waals surface area contributed by atoms with Gasteiger partial charge in [0.1, 0.15) is 11.7 Å². The van der Waals surface area contributed by atoms with E-state index < -0.39 is 0 Å². The Hall–Kier alpha value is -3.14. The average molecular weight is 459 g/mol. The van der Waals surface area contributed by atoms with Crippen molar-refractivity contribution < 1.29 is 0 Å². The number of nitrogens with zero attached hydrogens (tertiary/aromatic N) is 3. The fourth-order valence-electron chi connectivity index (χ4n) is 3.92. The highest BCUT2D eigenvalue weighted by Crippen LogP contribution is 2.26. The summed E-state index contributed by atoms with van der Waals surface area (Å²) in [6, 6.07) is 10.7. The fourth-order valence-corrected chi connectivity index (χ4v) is 3.92. The van der Waals surface area contributed by atoms with Crippen LogP contribution in [0.25, 0.3) is 0 Å². The van der Waals surface area contributed by atoms with Crippen molar-refractivity contribution in [2.45, 2.75) is 73.1 Å². The molecular formula is C30H42N4. The van der Waals surface area contributed by atoms with E-state index in [1.165, 1.54) is 11.1 Å². The first-order valence-corrected chi connectivity index (χ1v) is 12.2. The molecule has 0 saturated carbocycles. The van der Waals surface area contributed by atoms with E-state index >= 15 is 0 Å². The highest BCUT2D eigenvalue weighted by atomic mass is 15.2. The Morgan fingerprint density at radius 2 is 1.82 bits per heavy atom. The van der Waals surface area contributed by atoms with Gasteiger partial charge in [-0.1, -0.05) is 66.3 Å². The normalized spacial score (nSPS) is 12.5. The lowest BCUT2D eigenvalue weighted by molar-refractivity contribution is 0.569. The molecule has 1 aromatic heterocycles. The molecule has 2 rings (SSSR count). The van der Waals surface area contributed by atoms with Crippen molar-refractivity contribution >= 4 is 17.2 Å². The Kier molecular flexibility index (Phi) is 9.43. The minimum atomic E-state index is -0.0437. The van der Waals surface area contributed by atoms with Gasteiger partial charge in [-0.25, -0.2) is 4.99 Å². The van der Waals surface area contributed by atoms with Gasteiger partial charge in [0.2, 0.25) is 0 Å². The van der Waals surface area contributed by atoms with Gasteiger partial charge in [0, 0.05) is 41.3 Å². The number of hydrogen-bond acceptors (Lipinski definition) is 3. The van der Waals surface area contributed by atoms with E-state index in [-0.39, 0.29) is 5.41 Å². The predicted molar refractivity (Wildman–Crippen MR) is 150 cm³/mol. The Morgan fingerprint density at radius 1 is 1.12 bits per heavy atom. The summed E-state index contributed by atoms with van der Waals surface area (Å²) >= 11 is 0. The molecule has 0 bridgehead atoms. The summed E-state index contributed by atoms with van der Waals surface area (Å²) < 4.78 is 0. The standard InChI is InChI=1S/C30H42N4/c1-11-14-24-19-25(16-15-23(24)12-2)32-22(6)33-29(27(13-3)21(4)5)34(10)26-17-18-31-28(20-26)30(7,8)9/h13,15-20,32H,4,6,11-12,14H2,1-3,5,7-10H3/b27-13-,33-29+. The molecule has 4 nitrogen and oxygen atoms in total. The third kappa shape index (κ3) is 6.93. The van der Waals surface area contributed by atoms with Crippen LogP contribution in [0.4, 0.5) is 11.4 Å². The third-order valence-electron chi connectivity index (χ3n) is 5.84. The van der Waals surface area contributed by atoms with Crippen LogP contribution in [0.5, 0.6) is 0 Å². The quantitative estimate of drug-likeness (QED) is 0.236. The molecule has 0 atom stereocenters. The van der Waals surface area contributed by atoms with Crippen LogP contribution in [0.15, 0.2) is 77.7 Å². The number of benzene rings is 1. The topological polar surface area (TPSA) is 40.5 Å². The van der Waals surface area contributed by atoms with Crippen molar-refractivity contribution in [1.82, 2.24) is 4.98 Å². The molecule has 0 fully saturated rings. The lowest BCUT2D eigenvalue weighted by atomic mass is 9.91. The minimum absolute atomic E-state index is 0.0437. The zero-order valence-corrected chi connectivity index (χ0v) is 22.4. The van der Waals surface area contributed by atoms with Crippen LogP contribution in [-0.2, 0) is 18.3 Å². The molecule has 1 heterocycles. The van der Waals surface area contributed by atoms with E-state index in [1.807, 2.05) is 39.2 Å². The first-order valence-electron chi connectivity index (χ1n) is 12.2. The average Bonchev–Trinajstić information content (AvgIpc) is 2.78. The van der Waals surface area contributed by atoms with Crippen LogP contribution >= 0.6 is 0 Å². The predicted octanol–water partition coefficient (Wildman–Crippen LogP) is 7.83. The van der Waals surface area contributed by atoms with Crippen molar-refractivity contribution in [3.05, 3.63) is 89.6 Å². The number of aryl methyl sites for hydroxylation is 2. The summed E-state index contributed by atoms with van der Waals surface area (Å²) in [5.74, 6) is 1.37. The first kappa shape index (κ1) is 27.1. The molecule has 1 N–H and O–H groups in total. The molecule has 0 aliphatic heterocycles. The van der Waals surface area contributed by atoms with E-state index in [4.69, 9.17) is 4.99 Å². The molecule has 1 aromatic carbocycles. The molecule has 0 unspecified atom stereocenters. The number of aromatic nitrogens is 1. The number of aliphatic imine (C=N–C) groups is 1. The van der Waals surface area contributed by atoms with Gasteiger partial charge in [0.25, 0.3) is 0 Å². The first-order chi connectivity index (χ1) is 16.0. The van der Waals surface area contributed by atoms with E-state index in [1.54, 1.807) is 0 Å². The van der Waals surface area contributed by atoms with Gasteiger partial charge in [0.05, 0.1) is 0 Å². The van der Waals surface area contributed by atoms with Crippen LogP contribution in [0, 0.1) is 0 Å². The number of rotatable bonds is 9. The van der Waals surface area contributed by atoms with Crippen LogP contribution in [0.2, 0.25) is 0 Å². The maximum Gasteiger partial charge on any atom is 0.142 e. The second kappa shape index (κ2) is 11.8. The number of hydrogen-bond donors (Lipinski definition) is 1. The smallest absolute Gasteiger partial charge is 0.142 e. The van der Waals surface area contributed by atoms with E-state index in [2.05, 4.69) is 87.2 Å². The third-order valence-corrected chi connectivity index (χ3v) is 5.84. The maximum atomic E-state index is 4.94. The SMILES string of the molecule is C=C(/N=C(\C(=C/C)C(=C)C)N(C)c1ccnc(C(C)(C)C)c1)Nc1ccc(CC)c(CCC)c1. The van der Waals surface area contributed by atoms with Gasteiger partial charge in [-0.2, -0.15) is 0 Å². The van der Waals surface area contributed by atoms with Gasteiger partial charge < -0.3 is 10.2 Å². The molecule has 182 valence electrons. The number of amidine groups is 1. The molecule has 0 aliphatic rings. The van der Waals surface area contributed by atoms with Crippen LogP contribution < -0.4 is 10.2 Å². The van der Waals surface area contributed by atoms with Crippen molar-refractivity contribution in [3.8, 4) is 0 Å². The molecule has 0 spiro atoms. The lowest BCUT2D eigenvalue weighted by Gasteiger charge is -2.26. The highest BCUT2D eigenvalue weighted by Gasteiger charge is 2.20. The second-order valence-electron chi connectivity index (χ2n) is 9.79. The number of anilines is 2. The van der Waals surface area contributed by atoms with Crippen LogP contribution in [0.3, 0.4) is 0 Å². The maximum absolute atomic E-state index is 4.94. The number of pyridine rings is 1. The fraction of sp³-hybridized carbons (Fsp3) is 0.400. The monoisotopic (exact) mass is 458 g/mol. The zero-order valence-electron chi connectivity index (χ0n) is 22.4. The second-order valence-corrected chi connectivity index (χ2v) is 9.79. The van der Waals surface area contributed by atoms with Crippen molar-refractivity contribution in [2.24, 2.45) is 4.99 Å². The van der Waals surface area contributed by atoms with Gasteiger partial charge in [-0.3, -0.25) is 4.98 Å². The Balaban J connectivity index is 2.45. The van der Waals surface area contributed by atoms with Gasteiger partial charge in [0.15, 0.2) is 0 Å². The summed E-state index contributed by atoms with van der Waals surface area (Å²) in [4.78, 5) is 11.6. The Bertz CT molecular complexity index is 1080. The van der Waals surface area contributed by atoms with Crippen LogP contribution in [-0.4, -0.2) is 17.9 Å². The molecule has 0 aliphatic carbocycles. The molecule has 0 saturated heterocycles. The van der Waals surface area contributed by atoms with E-state index in [0.29, 0.717) is 5.82 Å². The largest absolute Gasteiger partial charge is 0.341 e. The Labute approximate surface area is 207 Å². The van der Waals surface area contributed by atoms with Crippen molar-refractivity contribution in [2.75, 3.05) is 17.3 Å². The summed E-state index contributed by atoms with van der Waals surface area (Å²) in [6.45, 7) is 23.3. The highest BCUT2D eigenvalue weighted by molar-refractivity contribution is 6.12. The van der Waals surface area contributed by atoms with E-state index in [9.17, 15) is 0 Å². The summed E-state index contributed by atoms with van der Waals surface area (Å²) in [5, 5.41) is 3.40. The molecule has 0 amide bonds. The van der Waals surface area contributed by atoms with Gasteiger partial charge in [-0.15, -0.1) is 0 Å². The number of nitrogens with one attached hydrogen (secondary N) is 1. The van der Waals surface area contributed by atoms with E-state index in [0.717, 1.165) is 53.3 Å². The van der Waals surface area contributed by atoms with Crippen LogP contribution in [0.1, 0.15) is 71.7 Å². The lowest BCUT2D eigenvalue weighted by Crippen LogP contribution is -2.29. The Morgan fingerprint density at radius 3 is 2.38 bits per heavy atom. The molecular weight excluding hydrogens is 416 g/mol.